The van der Waals surface area contributed by atoms with Gasteiger partial charge < -0.3 is 20.9 Å². The molecule has 18 heavy (non-hydrogen) atoms. The van der Waals surface area contributed by atoms with Crippen molar-refractivity contribution in [2.24, 2.45) is 11.6 Å². The highest BCUT2D eigenvalue weighted by atomic mass is 16.5. The van der Waals surface area contributed by atoms with Gasteiger partial charge >= 0.3 is 6.01 Å². The highest BCUT2D eigenvalue weighted by molar-refractivity contribution is 5.79. The van der Waals surface area contributed by atoms with Crippen molar-refractivity contribution in [2.45, 2.75) is 13.0 Å². The fourth-order valence-corrected chi connectivity index (χ4v) is 0.982. The number of hydrogen-bond acceptors (Lipinski definition) is 9. The normalized spacial score (nSPS) is 11.7. The van der Waals surface area contributed by atoms with E-state index in [2.05, 4.69) is 25.7 Å². The zero-order valence-corrected chi connectivity index (χ0v) is 9.75. The molecule has 1 aromatic rings. The monoisotopic (exact) mass is 257 g/mol. The summed E-state index contributed by atoms with van der Waals surface area (Å²) in [6.07, 6.45) is -1.34. The molecule has 0 aliphatic rings. The molecule has 10 nitrogen and oxygen atoms in total. The molecule has 0 radical (unpaired) electrons. The number of anilines is 2. The number of ether oxygens (including phenoxy) is 1. The number of nitrogens with zero attached hydrogens (tertiary/aromatic N) is 3. The van der Waals surface area contributed by atoms with Crippen molar-refractivity contribution < 1.29 is 14.6 Å². The topological polar surface area (TPSA) is 161 Å². The van der Waals surface area contributed by atoms with Crippen LogP contribution < -0.4 is 27.1 Å². The van der Waals surface area contributed by atoms with Crippen molar-refractivity contribution in [1.82, 2.24) is 15.0 Å². The zero-order valence-electron chi connectivity index (χ0n) is 9.75. The summed E-state index contributed by atoms with van der Waals surface area (Å²) in [7, 11) is 0. The van der Waals surface area contributed by atoms with Gasteiger partial charge in [-0.15, -0.1) is 0 Å². The molecule has 0 fully saturated rings. The number of nitrogens with two attached hydrogens (primary N) is 2. The van der Waals surface area contributed by atoms with Crippen LogP contribution in [0.1, 0.15) is 6.92 Å². The summed E-state index contributed by atoms with van der Waals surface area (Å²) in [6, 6.07) is 0.0662. The first-order valence-electron chi connectivity index (χ1n) is 5.13. The Morgan fingerprint density at radius 1 is 1.44 bits per heavy atom. The van der Waals surface area contributed by atoms with E-state index in [0.29, 0.717) is 6.61 Å². The van der Waals surface area contributed by atoms with Gasteiger partial charge in [-0.3, -0.25) is 10.2 Å². The number of carbonyl (C=O) groups is 1. The number of amides is 1. The van der Waals surface area contributed by atoms with Gasteiger partial charge in [-0.05, 0) is 6.92 Å². The number of carbonyl (C=O) groups excluding carboxylic acids is 1. The fraction of sp³-hybridized carbons (Fsp3) is 0.500. The van der Waals surface area contributed by atoms with Crippen LogP contribution in [0.15, 0.2) is 0 Å². The Bertz CT molecular complexity index is 414. The Morgan fingerprint density at radius 3 is 2.67 bits per heavy atom. The summed E-state index contributed by atoms with van der Waals surface area (Å²) in [5, 5.41) is 11.8. The van der Waals surface area contributed by atoms with E-state index in [1.165, 1.54) is 0 Å². The van der Waals surface area contributed by atoms with Gasteiger partial charge in [-0.25, -0.2) is 5.84 Å². The van der Waals surface area contributed by atoms with Crippen molar-refractivity contribution in [1.29, 1.82) is 0 Å². The largest absolute Gasteiger partial charge is 0.464 e. The number of aliphatic hydroxyl groups is 1. The molecule has 0 aromatic carbocycles. The lowest BCUT2D eigenvalue weighted by atomic mass is 10.3. The van der Waals surface area contributed by atoms with Crippen LogP contribution in [0.25, 0.3) is 0 Å². The number of aromatic nitrogens is 3. The van der Waals surface area contributed by atoms with E-state index < -0.39 is 12.0 Å². The van der Waals surface area contributed by atoms with Crippen molar-refractivity contribution in [3.05, 3.63) is 0 Å². The van der Waals surface area contributed by atoms with Crippen LogP contribution in [-0.4, -0.2) is 45.2 Å². The van der Waals surface area contributed by atoms with Crippen molar-refractivity contribution in [3.8, 4) is 6.01 Å². The summed E-state index contributed by atoms with van der Waals surface area (Å²) in [4.78, 5) is 22.2. The second-order valence-corrected chi connectivity index (χ2v) is 3.14. The molecule has 0 saturated heterocycles. The second-order valence-electron chi connectivity index (χ2n) is 3.14. The van der Waals surface area contributed by atoms with Crippen molar-refractivity contribution >= 4 is 17.8 Å². The van der Waals surface area contributed by atoms with Crippen LogP contribution in [0.2, 0.25) is 0 Å². The lowest BCUT2D eigenvalue weighted by molar-refractivity contribution is -0.125. The van der Waals surface area contributed by atoms with E-state index in [0.717, 1.165) is 0 Å². The number of hydrogen-bond donors (Lipinski definition) is 5. The standard InChI is InChI=1S/C8H15N7O3/c1-2-18-8-13-6(12-7(14-8)15-10)11-3-4(16)5(9)17/h4,16H,2-3,10H2,1H3,(H2,9,17)(H2,11,12,13,14,15). The first-order chi connectivity index (χ1) is 8.56. The molecule has 1 heterocycles. The minimum absolute atomic E-state index is 0.0662. The third-order valence-corrected chi connectivity index (χ3v) is 1.80. The quantitative estimate of drug-likeness (QED) is 0.270. The molecule has 1 unspecified atom stereocenters. The SMILES string of the molecule is CCOc1nc(NN)nc(NCC(O)C(N)=O)n1. The highest BCUT2D eigenvalue weighted by Crippen LogP contribution is 2.10. The van der Waals surface area contributed by atoms with Crippen LogP contribution in [0.3, 0.4) is 0 Å². The van der Waals surface area contributed by atoms with Gasteiger partial charge in [0.15, 0.2) is 0 Å². The third-order valence-electron chi connectivity index (χ3n) is 1.80. The Balaban J connectivity index is 2.74. The van der Waals surface area contributed by atoms with Crippen LogP contribution >= 0.6 is 0 Å². The molecule has 0 spiro atoms. The van der Waals surface area contributed by atoms with Crippen LogP contribution in [0.5, 0.6) is 6.01 Å². The number of nitrogens with one attached hydrogen (secondary N) is 2. The summed E-state index contributed by atoms with van der Waals surface area (Å²) < 4.78 is 5.09. The highest BCUT2D eigenvalue weighted by Gasteiger charge is 2.12. The van der Waals surface area contributed by atoms with E-state index in [9.17, 15) is 9.90 Å². The molecule has 10 heteroatoms. The molecule has 1 aromatic heterocycles. The van der Waals surface area contributed by atoms with E-state index in [1.807, 2.05) is 0 Å². The minimum atomic E-state index is -1.34. The number of nitrogen functional groups attached to an aromatic ring is 1. The lowest BCUT2D eigenvalue weighted by Gasteiger charge is -2.10. The summed E-state index contributed by atoms with van der Waals surface area (Å²) in [6.45, 7) is 2.01. The van der Waals surface area contributed by atoms with Crippen LogP contribution in [-0.2, 0) is 4.79 Å². The molecule has 0 saturated carbocycles. The van der Waals surface area contributed by atoms with Crippen LogP contribution in [0, 0.1) is 0 Å². The van der Waals surface area contributed by atoms with E-state index in [-0.39, 0.29) is 24.5 Å². The van der Waals surface area contributed by atoms with Gasteiger partial charge in [-0.2, -0.15) is 15.0 Å². The lowest BCUT2D eigenvalue weighted by Crippen LogP contribution is -2.34. The molecule has 1 amide bonds. The summed E-state index contributed by atoms with van der Waals surface area (Å²) in [5.74, 6) is 4.52. The molecular weight excluding hydrogens is 242 g/mol. The van der Waals surface area contributed by atoms with Gasteiger partial charge in [0.25, 0.3) is 0 Å². The van der Waals surface area contributed by atoms with E-state index in [4.69, 9.17) is 16.3 Å². The maximum absolute atomic E-state index is 10.6. The van der Waals surface area contributed by atoms with Crippen molar-refractivity contribution in [3.63, 3.8) is 0 Å². The van der Waals surface area contributed by atoms with Gasteiger partial charge in [0.2, 0.25) is 17.8 Å². The van der Waals surface area contributed by atoms with Gasteiger partial charge in [0.05, 0.1) is 13.2 Å². The summed E-state index contributed by atoms with van der Waals surface area (Å²) >= 11 is 0. The Labute approximate surface area is 103 Å². The molecular formula is C8H15N7O3. The number of aliphatic hydroxyl groups excluding tert-OH is 1. The summed E-state index contributed by atoms with van der Waals surface area (Å²) in [5.41, 5.74) is 7.13. The Kier molecular flexibility index (Phi) is 5.02. The molecule has 0 aliphatic heterocycles. The third kappa shape index (κ3) is 3.99. The number of primary amides is 1. The molecule has 0 bridgehead atoms. The first kappa shape index (κ1) is 13.9. The minimum Gasteiger partial charge on any atom is -0.464 e. The predicted octanol–water partition coefficient (Wildman–Crippen LogP) is -2.19. The van der Waals surface area contributed by atoms with Crippen LogP contribution in [0.4, 0.5) is 11.9 Å². The molecule has 0 aliphatic carbocycles. The predicted molar refractivity (Wildman–Crippen MR) is 62.5 cm³/mol. The van der Waals surface area contributed by atoms with E-state index in [1.54, 1.807) is 6.92 Å². The number of rotatable bonds is 7. The van der Waals surface area contributed by atoms with Gasteiger partial charge in [0.1, 0.15) is 6.10 Å². The maximum atomic E-state index is 10.6. The Hall–Kier alpha value is -2.20. The fourth-order valence-electron chi connectivity index (χ4n) is 0.982. The maximum Gasteiger partial charge on any atom is 0.323 e. The molecule has 1 rings (SSSR count). The second kappa shape index (κ2) is 6.51. The Morgan fingerprint density at radius 2 is 2.11 bits per heavy atom. The van der Waals surface area contributed by atoms with Gasteiger partial charge in [-0.1, -0.05) is 0 Å². The van der Waals surface area contributed by atoms with E-state index >= 15 is 0 Å². The molecule has 7 N–H and O–H groups in total. The smallest absolute Gasteiger partial charge is 0.323 e. The molecule has 100 valence electrons. The molecule has 1 atom stereocenters. The average Bonchev–Trinajstić information content (AvgIpc) is 2.35. The van der Waals surface area contributed by atoms with Crippen molar-refractivity contribution in [2.75, 3.05) is 23.9 Å². The number of hydrazine groups is 1. The average molecular weight is 257 g/mol. The first-order valence-corrected chi connectivity index (χ1v) is 5.13. The zero-order chi connectivity index (χ0) is 13.5. The van der Waals surface area contributed by atoms with Gasteiger partial charge in [0, 0.05) is 0 Å².